The molecular formula is C25H29F2N5O3. The zero-order valence-corrected chi connectivity index (χ0v) is 19.7. The standard InChI is InChI=1S/C25H29F2N5O3/c1-16(33)14-17-6-8-18(9-7-17)35-22-15-21(29-25(30-22)31-10-12-34-13-11-31)32-20-5-3-2-4-19(20)28-24(32)23(26)27/h2-5,15,17-18,23H,6-14H2,1H3. The zero-order chi connectivity index (χ0) is 24.4. The van der Waals surface area contributed by atoms with E-state index < -0.39 is 6.43 Å². The van der Waals surface area contributed by atoms with Gasteiger partial charge in [0.15, 0.2) is 5.82 Å². The van der Waals surface area contributed by atoms with Crippen molar-refractivity contribution in [3.05, 3.63) is 36.2 Å². The molecule has 1 saturated heterocycles. The third kappa shape index (κ3) is 5.27. The number of anilines is 1. The van der Waals surface area contributed by atoms with Gasteiger partial charge in [-0.15, -0.1) is 0 Å². The highest BCUT2D eigenvalue weighted by molar-refractivity contribution is 5.78. The monoisotopic (exact) mass is 485 g/mol. The molecule has 2 aliphatic rings. The van der Waals surface area contributed by atoms with Crippen LogP contribution in [0.5, 0.6) is 5.88 Å². The molecule has 0 unspecified atom stereocenters. The molecule has 0 N–H and O–H groups in total. The van der Waals surface area contributed by atoms with Gasteiger partial charge in [-0.3, -0.25) is 4.57 Å². The minimum atomic E-state index is -2.77. The summed E-state index contributed by atoms with van der Waals surface area (Å²) in [6.07, 6.45) is 1.26. The molecule has 2 aromatic heterocycles. The maximum atomic E-state index is 14.0. The second-order valence-corrected chi connectivity index (χ2v) is 9.23. The Morgan fingerprint density at radius 1 is 1.11 bits per heavy atom. The van der Waals surface area contributed by atoms with Gasteiger partial charge in [0.1, 0.15) is 17.7 Å². The predicted molar refractivity (Wildman–Crippen MR) is 126 cm³/mol. The Bertz CT molecular complexity index is 1190. The van der Waals surface area contributed by atoms with Gasteiger partial charge in [0.2, 0.25) is 11.8 Å². The van der Waals surface area contributed by atoms with Crippen molar-refractivity contribution in [2.45, 2.75) is 51.6 Å². The van der Waals surface area contributed by atoms with Crippen molar-refractivity contribution >= 4 is 22.8 Å². The number of hydrogen-bond donors (Lipinski definition) is 0. The fourth-order valence-corrected chi connectivity index (χ4v) is 4.94. The van der Waals surface area contributed by atoms with Crippen molar-refractivity contribution in [3.63, 3.8) is 0 Å². The predicted octanol–water partition coefficient (Wildman–Crippen LogP) is 4.51. The van der Waals surface area contributed by atoms with Crippen LogP contribution in [0, 0.1) is 5.92 Å². The topological polar surface area (TPSA) is 82.4 Å². The molecule has 0 bridgehead atoms. The highest BCUT2D eigenvalue weighted by Gasteiger charge is 2.26. The van der Waals surface area contributed by atoms with Gasteiger partial charge in [0.25, 0.3) is 6.43 Å². The minimum absolute atomic E-state index is 0.0485. The minimum Gasteiger partial charge on any atom is -0.474 e. The van der Waals surface area contributed by atoms with E-state index in [2.05, 4.69) is 15.0 Å². The number of rotatable bonds is 7. The Hall–Kier alpha value is -3.14. The van der Waals surface area contributed by atoms with Crippen LogP contribution in [0.1, 0.15) is 51.3 Å². The van der Waals surface area contributed by atoms with Crippen LogP contribution < -0.4 is 9.64 Å². The summed E-state index contributed by atoms with van der Waals surface area (Å²) in [5.41, 5.74) is 1.02. The number of halogens is 2. The number of carbonyl (C=O) groups excluding carboxylic acids is 1. The SMILES string of the molecule is CC(=O)CC1CCC(Oc2cc(-n3c(C(F)F)nc4ccccc43)nc(N3CCOCC3)n2)CC1. The molecule has 0 radical (unpaired) electrons. The Labute approximate surface area is 202 Å². The lowest BCUT2D eigenvalue weighted by atomic mass is 9.84. The number of hydrogen-bond acceptors (Lipinski definition) is 7. The molecule has 5 rings (SSSR count). The molecule has 1 aliphatic carbocycles. The Morgan fingerprint density at radius 2 is 1.86 bits per heavy atom. The summed E-state index contributed by atoms with van der Waals surface area (Å²) >= 11 is 0. The molecule has 35 heavy (non-hydrogen) atoms. The summed E-state index contributed by atoms with van der Waals surface area (Å²) in [5, 5.41) is 0. The van der Waals surface area contributed by atoms with Crippen LogP contribution in [0.2, 0.25) is 0 Å². The third-order valence-electron chi connectivity index (χ3n) is 6.64. The molecule has 0 spiro atoms. The van der Waals surface area contributed by atoms with E-state index in [1.165, 1.54) is 4.57 Å². The van der Waals surface area contributed by atoms with Crippen LogP contribution in [-0.2, 0) is 9.53 Å². The van der Waals surface area contributed by atoms with Crippen LogP contribution in [0.15, 0.2) is 30.3 Å². The number of imidazole rings is 1. The van der Waals surface area contributed by atoms with Crippen LogP contribution in [-0.4, -0.2) is 57.7 Å². The normalized spacial score (nSPS) is 21.0. The lowest BCUT2D eigenvalue weighted by Gasteiger charge is -2.30. The maximum absolute atomic E-state index is 14.0. The molecule has 186 valence electrons. The van der Waals surface area contributed by atoms with Crippen molar-refractivity contribution < 1.29 is 23.0 Å². The number of fused-ring (bicyclic) bond motifs is 1. The summed E-state index contributed by atoms with van der Waals surface area (Å²) in [4.78, 5) is 26.9. The second kappa shape index (κ2) is 10.2. The molecule has 0 amide bonds. The van der Waals surface area contributed by atoms with E-state index in [0.29, 0.717) is 67.3 Å². The van der Waals surface area contributed by atoms with Gasteiger partial charge in [-0.05, 0) is 50.7 Å². The number of ketones is 1. The molecule has 2 fully saturated rings. The Kier molecular flexibility index (Phi) is 6.90. The summed E-state index contributed by atoms with van der Waals surface area (Å²) < 4.78 is 41.1. The van der Waals surface area contributed by atoms with Crippen molar-refractivity contribution in [1.82, 2.24) is 19.5 Å². The van der Waals surface area contributed by atoms with Gasteiger partial charge in [0.05, 0.1) is 24.2 Å². The van der Waals surface area contributed by atoms with Crippen LogP contribution in [0.3, 0.4) is 0 Å². The van der Waals surface area contributed by atoms with E-state index in [4.69, 9.17) is 9.47 Å². The molecule has 1 aliphatic heterocycles. The second-order valence-electron chi connectivity index (χ2n) is 9.23. The number of benzene rings is 1. The summed E-state index contributed by atoms with van der Waals surface area (Å²) in [7, 11) is 0. The number of ether oxygens (including phenoxy) is 2. The van der Waals surface area contributed by atoms with Gasteiger partial charge in [-0.2, -0.15) is 9.97 Å². The van der Waals surface area contributed by atoms with E-state index in [9.17, 15) is 13.6 Å². The van der Waals surface area contributed by atoms with Gasteiger partial charge >= 0.3 is 0 Å². The first-order chi connectivity index (χ1) is 17.0. The first-order valence-corrected chi connectivity index (χ1v) is 12.1. The van der Waals surface area contributed by atoms with Crippen molar-refractivity contribution in [3.8, 4) is 11.7 Å². The Morgan fingerprint density at radius 3 is 2.57 bits per heavy atom. The van der Waals surface area contributed by atoms with Crippen molar-refractivity contribution in [1.29, 1.82) is 0 Å². The molecule has 10 heteroatoms. The maximum Gasteiger partial charge on any atom is 0.296 e. The molecule has 8 nitrogen and oxygen atoms in total. The Balaban J connectivity index is 1.49. The number of morpholine rings is 1. The average molecular weight is 486 g/mol. The molecule has 1 saturated carbocycles. The van der Waals surface area contributed by atoms with Gasteiger partial charge < -0.3 is 19.2 Å². The van der Waals surface area contributed by atoms with Crippen molar-refractivity contribution in [2.75, 3.05) is 31.2 Å². The van der Waals surface area contributed by atoms with Gasteiger partial charge in [0, 0.05) is 25.6 Å². The fourth-order valence-electron chi connectivity index (χ4n) is 4.94. The first-order valence-electron chi connectivity index (χ1n) is 12.1. The molecule has 3 aromatic rings. The zero-order valence-electron chi connectivity index (χ0n) is 19.7. The van der Waals surface area contributed by atoms with Crippen LogP contribution in [0.4, 0.5) is 14.7 Å². The van der Waals surface area contributed by atoms with Crippen LogP contribution in [0.25, 0.3) is 16.9 Å². The average Bonchev–Trinajstić information content (AvgIpc) is 3.25. The molecule has 0 atom stereocenters. The summed E-state index contributed by atoms with van der Waals surface area (Å²) in [5.74, 6) is 1.31. The van der Waals surface area contributed by atoms with Gasteiger partial charge in [-0.1, -0.05) is 12.1 Å². The largest absolute Gasteiger partial charge is 0.474 e. The van der Waals surface area contributed by atoms with E-state index >= 15 is 0 Å². The number of carbonyl (C=O) groups is 1. The number of nitrogens with zero attached hydrogens (tertiary/aromatic N) is 5. The number of Topliss-reactive ketones (excluding diaryl/α,β-unsaturated/α-hetero) is 1. The smallest absolute Gasteiger partial charge is 0.296 e. The lowest BCUT2D eigenvalue weighted by Crippen LogP contribution is -2.37. The fraction of sp³-hybridized carbons (Fsp3) is 0.520. The van der Waals surface area contributed by atoms with E-state index in [-0.39, 0.29) is 17.7 Å². The van der Waals surface area contributed by atoms with Crippen molar-refractivity contribution in [2.24, 2.45) is 5.92 Å². The number of para-hydroxylation sites is 2. The van der Waals surface area contributed by atoms with Gasteiger partial charge in [-0.25, -0.2) is 13.8 Å². The highest BCUT2D eigenvalue weighted by atomic mass is 19.3. The summed E-state index contributed by atoms with van der Waals surface area (Å²) in [6, 6.07) is 8.63. The summed E-state index contributed by atoms with van der Waals surface area (Å²) in [6.45, 7) is 3.92. The lowest BCUT2D eigenvalue weighted by molar-refractivity contribution is -0.118. The molecule has 3 heterocycles. The van der Waals surface area contributed by atoms with E-state index in [0.717, 1.165) is 25.7 Å². The van der Waals surface area contributed by atoms with E-state index in [1.54, 1.807) is 37.3 Å². The molecular weight excluding hydrogens is 456 g/mol. The highest BCUT2D eigenvalue weighted by Crippen LogP contribution is 2.32. The molecule has 1 aromatic carbocycles. The van der Waals surface area contributed by atoms with E-state index in [1.807, 2.05) is 4.90 Å². The quantitative estimate of drug-likeness (QED) is 0.487. The van der Waals surface area contributed by atoms with Crippen LogP contribution >= 0.6 is 0 Å². The third-order valence-corrected chi connectivity index (χ3v) is 6.64. The number of alkyl halides is 2. The first kappa shape index (κ1) is 23.6. The number of aromatic nitrogens is 4.